The van der Waals surface area contributed by atoms with Gasteiger partial charge in [-0.1, -0.05) is 23.7 Å². The topological polar surface area (TPSA) is 20.7 Å². The number of nitrogens with zero attached hydrogens (tertiary/aromatic N) is 1. The van der Waals surface area contributed by atoms with Crippen LogP contribution in [0.25, 0.3) is 11.0 Å². The molecule has 0 spiro atoms. The molecule has 1 N–H and O–H groups in total. The summed E-state index contributed by atoms with van der Waals surface area (Å²) in [6.07, 6.45) is 0.812. The number of aromatic nitrogens is 2. The van der Waals surface area contributed by atoms with E-state index in [2.05, 4.69) is 4.98 Å². The Hall–Kier alpha value is -0.920. The number of H-pyrrole nitrogens is 1. The van der Waals surface area contributed by atoms with Gasteiger partial charge in [-0.05, 0) is 65.0 Å². The van der Waals surface area contributed by atoms with Crippen LogP contribution < -0.4 is 0 Å². The first-order chi connectivity index (χ1) is 10.0. The lowest BCUT2D eigenvalue weighted by Crippen LogP contribution is -2.01. The van der Waals surface area contributed by atoms with Crippen LogP contribution in [0.5, 0.6) is 0 Å². The molecule has 6 heteroatoms. The average molecular weight is 433 g/mol. The molecule has 3 aromatic rings. The van der Waals surface area contributed by atoms with Gasteiger partial charge in [0.05, 0.1) is 14.6 Å². The van der Waals surface area contributed by atoms with Gasteiger partial charge in [-0.15, -0.1) is 0 Å². The van der Waals surface area contributed by atoms with E-state index in [0.717, 1.165) is 22.5 Å². The fraction of sp³-hybridized carbons (Fsp3) is 0.133. The maximum Gasteiger partial charge on any atom is 0.178 e. The second-order valence-electron chi connectivity index (χ2n) is 4.74. The summed E-state index contributed by atoms with van der Waals surface area (Å²) in [6.45, 7) is 0.695. The third kappa shape index (κ3) is 3.14. The van der Waals surface area contributed by atoms with Crippen molar-refractivity contribution in [3.8, 4) is 0 Å². The molecule has 0 bridgehead atoms. The Morgan fingerprint density at radius 3 is 2.67 bits per heavy atom. The van der Waals surface area contributed by atoms with E-state index in [0.29, 0.717) is 14.9 Å². The quantitative estimate of drug-likeness (QED) is 0.438. The van der Waals surface area contributed by atoms with Crippen LogP contribution in [0.1, 0.15) is 5.56 Å². The number of halogens is 3. The van der Waals surface area contributed by atoms with Gasteiger partial charge in [0.2, 0.25) is 0 Å². The lowest BCUT2D eigenvalue weighted by Gasteiger charge is -2.05. The van der Waals surface area contributed by atoms with Gasteiger partial charge >= 0.3 is 0 Å². The molecule has 0 aliphatic carbocycles. The van der Waals surface area contributed by atoms with E-state index in [9.17, 15) is 4.39 Å². The molecule has 21 heavy (non-hydrogen) atoms. The molecule has 0 radical (unpaired) electrons. The summed E-state index contributed by atoms with van der Waals surface area (Å²) in [5.74, 6) is -0.225. The largest absolute Gasteiger partial charge is 0.331 e. The van der Waals surface area contributed by atoms with Gasteiger partial charge in [-0.2, -0.15) is 0 Å². The van der Waals surface area contributed by atoms with E-state index in [1.54, 1.807) is 6.07 Å². The molecule has 0 unspecified atom stereocenters. The second kappa shape index (κ2) is 6.06. The fourth-order valence-corrected chi connectivity index (χ4v) is 3.16. The van der Waals surface area contributed by atoms with Gasteiger partial charge in [0.25, 0.3) is 0 Å². The lowest BCUT2D eigenvalue weighted by atomic mass is 10.1. The van der Waals surface area contributed by atoms with Crippen LogP contribution in [-0.2, 0) is 13.0 Å². The Morgan fingerprint density at radius 2 is 1.95 bits per heavy atom. The Kier molecular flexibility index (Phi) is 4.33. The van der Waals surface area contributed by atoms with Gasteiger partial charge in [-0.25, -0.2) is 4.39 Å². The number of aryl methyl sites for hydroxylation is 2. The zero-order chi connectivity index (χ0) is 15.0. The Bertz CT molecular complexity index is 854. The predicted molar refractivity (Wildman–Crippen MR) is 95.0 cm³/mol. The normalized spacial score (nSPS) is 11.2. The molecule has 3 rings (SSSR count). The molecule has 0 saturated heterocycles. The number of fused-ring (bicyclic) bond motifs is 1. The molecule has 0 fully saturated rings. The zero-order valence-corrected chi connectivity index (χ0v) is 14.6. The monoisotopic (exact) mass is 432 g/mol. The van der Waals surface area contributed by atoms with Crippen molar-refractivity contribution in [3.05, 3.63) is 61.1 Å². The summed E-state index contributed by atoms with van der Waals surface area (Å²) >= 11 is 13.2. The van der Waals surface area contributed by atoms with E-state index < -0.39 is 0 Å². The van der Waals surface area contributed by atoms with E-state index in [-0.39, 0.29) is 5.82 Å². The Balaban J connectivity index is 1.93. The van der Waals surface area contributed by atoms with Gasteiger partial charge in [-0.3, -0.25) is 0 Å². The molecule has 2 aromatic carbocycles. The number of aromatic amines is 1. The maximum absolute atomic E-state index is 13.8. The summed E-state index contributed by atoms with van der Waals surface area (Å²) in [5, 5.41) is 0.721. The summed E-state index contributed by atoms with van der Waals surface area (Å²) in [4.78, 5) is 3.13. The highest BCUT2D eigenvalue weighted by Gasteiger charge is 2.09. The molecule has 0 saturated carbocycles. The highest BCUT2D eigenvalue weighted by Crippen LogP contribution is 2.21. The number of hydrogen-bond acceptors (Lipinski definition) is 1. The van der Waals surface area contributed by atoms with Crippen molar-refractivity contribution in [2.75, 3.05) is 0 Å². The van der Waals surface area contributed by atoms with Crippen LogP contribution in [0.4, 0.5) is 4.39 Å². The van der Waals surface area contributed by atoms with E-state index in [1.807, 2.05) is 51.4 Å². The lowest BCUT2D eigenvalue weighted by molar-refractivity contribution is 0.620. The Morgan fingerprint density at radius 1 is 1.24 bits per heavy atom. The number of hydrogen-bond donors (Lipinski definition) is 1. The highest BCUT2D eigenvalue weighted by molar-refractivity contribution is 14.1. The van der Waals surface area contributed by atoms with Crippen LogP contribution in [0.3, 0.4) is 0 Å². The van der Waals surface area contributed by atoms with Crippen molar-refractivity contribution < 1.29 is 4.39 Å². The summed E-state index contributed by atoms with van der Waals surface area (Å²) in [7, 11) is 0. The second-order valence-corrected chi connectivity index (χ2v) is 6.73. The average Bonchev–Trinajstić information content (AvgIpc) is 2.74. The van der Waals surface area contributed by atoms with Crippen LogP contribution in [-0.4, -0.2) is 9.55 Å². The molecule has 0 aliphatic heterocycles. The van der Waals surface area contributed by atoms with Crippen LogP contribution in [0.15, 0.2) is 36.4 Å². The SMILES string of the molecule is Fc1cc2c(cc1I)[nH]c(=S)n2CCc1ccc(Cl)cc1. The van der Waals surface area contributed by atoms with Crippen LogP contribution in [0.2, 0.25) is 5.02 Å². The third-order valence-corrected chi connectivity index (χ3v) is 4.75. The smallest absolute Gasteiger partial charge is 0.178 e. The van der Waals surface area contributed by atoms with Gasteiger partial charge < -0.3 is 9.55 Å². The minimum absolute atomic E-state index is 0.225. The van der Waals surface area contributed by atoms with Gasteiger partial charge in [0.1, 0.15) is 5.82 Å². The van der Waals surface area contributed by atoms with Gasteiger partial charge in [0, 0.05) is 17.6 Å². The van der Waals surface area contributed by atoms with Crippen molar-refractivity contribution in [2.24, 2.45) is 0 Å². The first kappa shape index (κ1) is 15.0. The molecule has 0 amide bonds. The molecule has 108 valence electrons. The van der Waals surface area contributed by atoms with Crippen molar-refractivity contribution in [1.29, 1.82) is 0 Å². The summed E-state index contributed by atoms with van der Waals surface area (Å²) in [6, 6.07) is 11.0. The molecule has 1 aromatic heterocycles. The molecule has 0 aliphatic rings. The van der Waals surface area contributed by atoms with Crippen LogP contribution >= 0.6 is 46.4 Å². The number of benzene rings is 2. The Labute approximate surface area is 145 Å². The van der Waals surface area contributed by atoms with E-state index >= 15 is 0 Å². The maximum atomic E-state index is 13.8. The van der Waals surface area contributed by atoms with Gasteiger partial charge in [0.15, 0.2) is 4.77 Å². The molecule has 0 atom stereocenters. The number of rotatable bonds is 3. The third-order valence-electron chi connectivity index (χ3n) is 3.35. The van der Waals surface area contributed by atoms with Crippen molar-refractivity contribution >= 4 is 57.4 Å². The number of nitrogens with one attached hydrogen (secondary N) is 1. The molecular formula is C15H11ClFIN2S. The van der Waals surface area contributed by atoms with E-state index in [4.69, 9.17) is 23.8 Å². The minimum Gasteiger partial charge on any atom is -0.331 e. The van der Waals surface area contributed by atoms with Crippen molar-refractivity contribution in [2.45, 2.75) is 13.0 Å². The minimum atomic E-state index is -0.225. The predicted octanol–water partition coefficient (Wildman–Crippen LogP) is 5.34. The first-order valence-corrected chi connectivity index (χ1v) is 8.23. The summed E-state index contributed by atoms with van der Waals surface area (Å²) in [5.41, 5.74) is 2.83. The van der Waals surface area contributed by atoms with Crippen LogP contribution in [0, 0.1) is 14.2 Å². The standard InChI is InChI=1S/C15H11ClFIN2S/c16-10-3-1-9(2-4-10)5-6-20-14-7-11(17)12(18)8-13(14)19-15(20)21/h1-4,7-8H,5-6H2,(H,19,21). The summed E-state index contributed by atoms with van der Waals surface area (Å²) < 4.78 is 16.9. The molecular weight excluding hydrogens is 422 g/mol. The van der Waals surface area contributed by atoms with Crippen molar-refractivity contribution in [1.82, 2.24) is 9.55 Å². The van der Waals surface area contributed by atoms with E-state index in [1.165, 1.54) is 11.6 Å². The zero-order valence-electron chi connectivity index (χ0n) is 10.9. The molecule has 2 nitrogen and oxygen atoms in total. The highest BCUT2D eigenvalue weighted by atomic mass is 127. The van der Waals surface area contributed by atoms with Crippen molar-refractivity contribution in [3.63, 3.8) is 0 Å². The first-order valence-electron chi connectivity index (χ1n) is 6.36. The fourth-order valence-electron chi connectivity index (χ4n) is 2.27. The number of imidazole rings is 1. The molecule has 1 heterocycles.